The number of nitrogens with zero attached hydrogens (tertiary/aromatic N) is 1. The molecule has 0 unspecified atom stereocenters. The van der Waals surface area contributed by atoms with Crippen molar-refractivity contribution in [2.75, 3.05) is 26.8 Å². The molecule has 1 saturated heterocycles. The van der Waals surface area contributed by atoms with Crippen molar-refractivity contribution in [3.05, 3.63) is 34.9 Å². The van der Waals surface area contributed by atoms with Gasteiger partial charge in [-0.3, -0.25) is 0 Å². The molecule has 1 atom stereocenters. The van der Waals surface area contributed by atoms with E-state index in [4.69, 9.17) is 16.3 Å². The number of hydrogen-bond acceptors (Lipinski definition) is 3. The van der Waals surface area contributed by atoms with Crippen LogP contribution in [0.3, 0.4) is 0 Å². The van der Waals surface area contributed by atoms with Gasteiger partial charge < -0.3 is 4.74 Å². The molecule has 0 aromatic heterocycles. The predicted octanol–water partition coefficient (Wildman–Crippen LogP) is 2.14. The van der Waals surface area contributed by atoms with E-state index in [-0.39, 0.29) is 5.75 Å². The van der Waals surface area contributed by atoms with Gasteiger partial charge in [0.25, 0.3) is 0 Å². The molecule has 1 aromatic carbocycles. The Kier molecular flexibility index (Phi) is 4.84. The van der Waals surface area contributed by atoms with Crippen LogP contribution in [-0.4, -0.2) is 39.5 Å². The second-order valence-electron chi connectivity index (χ2n) is 4.90. The Morgan fingerprint density at radius 3 is 2.89 bits per heavy atom. The minimum absolute atomic E-state index is 0.0162. The van der Waals surface area contributed by atoms with Crippen LogP contribution in [0.5, 0.6) is 0 Å². The maximum Gasteiger partial charge on any atom is 0.218 e. The second-order valence-corrected chi connectivity index (χ2v) is 7.41. The third kappa shape index (κ3) is 4.18. The van der Waals surface area contributed by atoms with Crippen molar-refractivity contribution in [2.45, 2.75) is 12.2 Å². The summed E-state index contributed by atoms with van der Waals surface area (Å²) in [4.78, 5) is 0. The third-order valence-electron chi connectivity index (χ3n) is 3.25. The molecule has 6 heteroatoms. The molecule has 19 heavy (non-hydrogen) atoms. The lowest BCUT2D eigenvalue weighted by molar-refractivity contribution is 0.182. The summed E-state index contributed by atoms with van der Waals surface area (Å²) in [5.41, 5.74) is 0.710. The van der Waals surface area contributed by atoms with E-state index in [1.54, 1.807) is 31.3 Å². The van der Waals surface area contributed by atoms with Crippen molar-refractivity contribution in [1.82, 2.24) is 4.31 Å². The first kappa shape index (κ1) is 14.8. The molecule has 1 heterocycles. The Morgan fingerprint density at radius 2 is 2.26 bits per heavy atom. The fraction of sp³-hybridized carbons (Fsp3) is 0.538. The lowest BCUT2D eigenvalue weighted by atomic mass is 10.1. The first-order valence-corrected chi connectivity index (χ1v) is 8.22. The van der Waals surface area contributed by atoms with Crippen LogP contribution in [0.25, 0.3) is 0 Å². The van der Waals surface area contributed by atoms with Crippen molar-refractivity contribution < 1.29 is 13.2 Å². The zero-order valence-electron chi connectivity index (χ0n) is 10.9. The Labute approximate surface area is 119 Å². The molecule has 1 aliphatic heterocycles. The van der Waals surface area contributed by atoms with Gasteiger partial charge in [0.15, 0.2) is 0 Å². The lowest BCUT2D eigenvalue weighted by Crippen LogP contribution is -2.33. The number of rotatable bonds is 5. The molecule has 0 saturated carbocycles. The third-order valence-corrected chi connectivity index (χ3v) is 5.28. The Morgan fingerprint density at radius 1 is 1.47 bits per heavy atom. The number of sulfonamides is 1. The molecule has 0 bridgehead atoms. The topological polar surface area (TPSA) is 46.6 Å². The summed E-state index contributed by atoms with van der Waals surface area (Å²) in [7, 11) is -1.68. The molecule has 1 aromatic rings. The van der Waals surface area contributed by atoms with Crippen LogP contribution in [-0.2, 0) is 20.5 Å². The van der Waals surface area contributed by atoms with Gasteiger partial charge in [-0.2, -0.15) is 0 Å². The van der Waals surface area contributed by atoms with Crippen molar-refractivity contribution in [1.29, 1.82) is 0 Å². The van der Waals surface area contributed by atoms with E-state index in [1.165, 1.54) is 4.31 Å². The molecular weight excluding hydrogens is 286 g/mol. The maximum absolute atomic E-state index is 12.2. The molecule has 0 amide bonds. The molecule has 4 nitrogen and oxygen atoms in total. The van der Waals surface area contributed by atoms with Crippen LogP contribution in [0.15, 0.2) is 24.3 Å². The highest BCUT2D eigenvalue weighted by atomic mass is 35.5. The van der Waals surface area contributed by atoms with Crippen LogP contribution >= 0.6 is 11.6 Å². The molecule has 0 spiro atoms. The summed E-state index contributed by atoms with van der Waals surface area (Å²) < 4.78 is 31.2. The highest BCUT2D eigenvalue weighted by Crippen LogP contribution is 2.18. The van der Waals surface area contributed by atoms with Crippen molar-refractivity contribution in [3.8, 4) is 0 Å². The summed E-state index contributed by atoms with van der Waals surface area (Å²) >= 11 is 5.87. The van der Waals surface area contributed by atoms with E-state index < -0.39 is 10.0 Å². The quantitative estimate of drug-likeness (QED) is 0.837. The van der Waals surface area contributed by atoms with Gasteiger partial charge in [0, 0.05) is 25.2 Å². The minimum atomic E-state index is -3.30. The SMILES string of the molecule is CN(C[C@H]1CCOC1)S(=O)(=O)Cc1cccc(Cl)c1. The van der Waals surface area contributed by atoms with E-state index in [9.17, 15) is 8.42 Å². The summed E-state index contributed by atoms with van der Waals surface area (Å²) in [5, 5.41) is 0.555. The first-order chi connectivity index (χ1) is 8.97. The first-order valence-electron chi connectivity index (χ1n) is 6.23. The van der Waals surface area contributed by atoms with E-state index in [1.807, 2.05) is 0 Å². The van der Waals surface area contributed by atoms with Crippen molar-refractivity contribution >= 4 is 21.6 Å². The zero-order valence-corrected chi connectivity index (χ0v) is 12.5. The van der Waals surface area contributed by atoms with Crippen LogP contribution < -0.4 is 0 Å². The smallest absolute Gasteiger partial charge is 0.218 e. The van der Waals surface area contributed by atoms with Crippen LogP contribution in [0.2, 0.25) is 5.02 Å². The molecule has 2 rings (SSSR count). The van der Waals surface area contributed by atoms with Crippen LogP contribution in [0.1, 0.15) is 12.0 Å². The fourth-order valence-electron chi connectivity index (χ4n) is 2.15. The molecule has 1 fully saturated rings. The van der Waals surface area contributed by atoms with Crippen LogP contribution in [0, 0.1) is 5.92 Å². The lowest BCUT2D eigenvalue weighted by Gasteiger charge is -2.20. The van der Waals surface area contributed by atoms with Crippen LogP contribution in [0.4, 0.5) is 0 Å². The Bertz CT molecular complexity index is 526. The molecule has 0 aliphatic carbocycles. The van der Waals surface area contributed by atoms with Gasteiger partial charge in [0.1, 0.15) is 0 Å². The van der Waals surface area contributed by atoms with E-state index in [2.05, 4.69) is 0 Å². The number of hydrogen-bond donors (Lipinski definition) is 0. The molecule has 0 radical (unpaired) electrons. The van der Waals surface area contributed by atoms with Gasteiger partial charge in [0.2, 0.25) is 10.0 Å². The molecule has 1 aliphatic rings. The molecule has 106 valence electrons. The van der Waals surface area contributed by atoms with E-state index in [0.29, 0.717) is 29.7 Å². The second kappa shape index (κ2) is 6.22. The summed E-state index contributed by atoms with van der Waals surface area (Å²) in [5.74, 6) is 0.289. The number of benzene rings is 1. The summed E-state index contributed by atoms with van der Waals surface area (Å²) in [6, 6.07) is 6.96. The Balaban J connectivity index is 2.00. The average Bonchev–Trinajstić information content (AvgIpc) is 2.81. The van der Waals surface area contributed by atoms with Gasteiger partial charge in [0.05, 0.1) is 12.4 Å². The average molecular weight is 304 g/mol. The number of ether oxygens (including phenoxy) is 1. The van der Waals surface area contributed by atoms with Crippen molar-refractivity contribution in [3.63, 3.8) is 0 Å². The number of halogens is 1. The molecular formula is C13H18ClNO3S. The van der Waals surface area contributed by atoms with E-state index in [0.717, 1.165) is 13.0 Å². The highest BCUT2D eigenvalue weighted by Gasteiger charge is 2.24. The fourth-order valence-corrected chi connectivity index (χ4v) is 3.62. The van der Waals surface area contributed by atoms with Gasteiger partial charge in [-0.05, 0) is 30.0 Å². The highest BCUT2D eigenvalue weighted by molar-refractivity contribution is 7.88. The van der Waals surface area contributed by atoms with Gasteiger partial charge in [-0.25, -0.2) is 12.7 Å². The summed E-state index contributed by atoms with van der Waals surface area (Å²) in [6.07, 6.45) is 0.928. The molecule has 0 N–H and O–H groups in total. The maximum atomic E-state index is 12.2. The van der Waals surface area contributed by atoms with Gasteiger partial charge >= 0.3 is 0 Å². The standard InChI is InChI=1S/C13H18ClNO3S/c1-15(8-12-5-6-18-9-12)19(16,17)10-11-3-2-4-13(14)7-11/h2-4,7,12H,5-6,8-10H2,1H3/t12-/m1/s1. The normalized spacial score (nSPS) is 20.1. The predicted molar refractivity (Wildman–Crippen MR) is 75.6 cm³/mol. The zero-order chi connectivity index (χ0) is 13.9. The summed E-state index contributed by atoms with van der Waals surface area (Å²) in [6.45, 7) is 1.90. The largest absolute Gasteiger partial charge is 0.381 e. The monoisotopic (exact) mass is 303 g/mol. The Hall–Kier alpha value is -0.620. The van der Waals surface area contributed by atoms with Gasteiger partial charge in [-0.15, -0.1) is 0 Å². The van der Waals surface area contributed by atoms with E-state index >= 15 is 0 Å². The van der Waals surface area contributed by atoms with Crippen molar-refractivity contribution in [2.24, 2.45) is 5.92 Å². The van der Waals surface area contributed by atoms with Gasteiger partial charge in [-0.1, -0.05) is 23.7 Å². The minimum Gasteiger partial charge on any atom is -0.381 e.